The fourth-order valence-electron chi connectivity index (χ4n) is 2.59. The Morgan fingerprint density at radius 1 is 1.50 bits per heavy atom. The van der Waals surface area contributed by atoms with E-state index in [9.17, 15) is 0 Å². The predicted molar refractivity (Wildman–Crippen MR) is 71.8 cm³/mol. The maximum Gasteiger partial charge on any atom is 0.144 e. The van der Waals surface area contributed by atoms with E-state index < -0.39 is 0 Å². The van der Waals surface area contributed by atoms with Gasteiger partial charge in [-0.1, -0.05) is 26.8 Å². The summed E-state index contributed by atoms with van der Waals surface area (Å²) in [6, 6.07) is 6.09. The molecular weight excluding hydrogens is 222 g/mol. The molecule has 0 aromatic carbocycles. The molecule has 0 bridgehead atoms. The molecule has 1 aliphatic heterocycles. The van der Waals surface area contributed by atoms with E-state index in [1.165, 1.54) is 6.42 Å². The summed E-state index contributed by atoms with van der Waals surface area (Å²) in [5.74, 6) is 0.750. The Labute approximate surface area is 109 Å². The minimum atomic E-state index is 0.377. The first-order valence-electron chi connectivity index (χ1n) is 6.57. The monoisotopic (exact) mass is 243 g/mol. The third-order valence-corrected chi connectivity index (χ3v) is 3.89. The van der Waals surface area contributed by atoms with Crippen LogP contribution >= 0.6 is 0 Å². The number of hydrogen-bond donors (Lipinski definition) is 0. The molecule has 0 spiro atoms. The van der Waals surface area contributed by atoms with Gasteiger partial charge < -0.3 is 0 Å². The summed E-state index contributed by atoms with van der Waals surface area (Å²) >= 11 is 0. The highest BCUT2D eigenvalue weighted by Crippen LogP contribution is 2.34. The van der Waals surface area contributed by atoms with Gasteiger partial charge in [0.15, 0.2) is 0 Å². The third kappa shape index (κ3) is 2.88. The highest BCUT2D eigenvalue weighted by Gasteiger charge is 2.31. The van der Waals surface area contributed by atoms with Gasteiger partial charge in [0, 0.05) is 24.8 Å². The third-order valence-electron chi connectivity index (χ3n) is 3.89. The second-order valence-electron chi connectivity index (χ2n) is 6.21. The minimum Gasteiger partial charge on any atom is -0.299 e. The Bertz CT molecular complexity index is 454. The minimum absolute atomic E-state index is 0.377. The van der Waals surface area contributed by atoms with E-state index in [-0.39, 0.29) is 0 Å². The summed E-state index contributed by atoms with van der Waals surface area (Å²) in [4.78, 5) is 6.56. The van der Waals surface area contributed by atoms with Crippen molar-refractivity contribution in [3.63, 3.8) is 0 Å². The largest absolute Gasteiger partial charge is 0.299 e. The van der Waals surface area contributed by atoms with Crippen LogP contribution in [0.5, 0.6) is 0 Å². The van der Waals surface area contributed by atoms with Crippen molar-refractivity contribution in [3.05, 3.63) is 29.6 Å². The van der Waals surface area contributed by atoms with Crippen molar-refractivity contribution >= 4 is 0 Å². The fourth-order valence-corrected chi connectivity index (χ4v) is 2.59. The number of nitrogens with zero attached hydrogens (tertiary/aromatic N) is 3. The Morgan fingerprint density at radius 2 is 2.28 bits per heavy atom. The number of hydrogen-bond acceptors (Lipinski definition) is 3. The molecular formula is C15H21N3. The van der Waals surface area contributed by atoms with Crippen LogP contribution in [0.2, 0.25) is 0 Å². The van der Waals surface area contributed by atoms with E-state index in [0.717, 1.165) is 31.1 Å². The molecule has 1 aromatic rings. The van der Waals surface area contributed by atoms with Crippen molar-refractivity contribution in [2.45, 2.75) is 33.7 Å². The number of pyridine rings is 1. The highest BCUT2D eigenvalue weighted by atomic mass is 15.1. The first-order valence-corrected chi connectivity index (χ1v) is 6.57. The molecule has 0 N–H and O–H groups in total. The van der Waals surface area contributed by atoms with Crippen LogP contribution in [0.25, 0.3) is 0 Å². The van der Waals surface area contributed by atoms with Crippen LogP contribution in [0, 0.1) is 22.7 Å². The van der Waals surface area contributed by atoms with Crippen LogP contribution in [-0.4, -0.2) is 23.0 Å². The predicted octanol–water partition coefficient (Wildman–Crippen LogP) is 2.82. The van der Waals surface area contributed by atoms with Crippen molar-refractivity contribution in [1.82, 2.24) is 9.88 Å². The van der Waals surface area contributed by atoms with Crippen LogP contribution < -0.4 is 0 Å². The summed E-state index contributed by atoms with van der Waals surface area (Å²) in [5, 5.41) is 9.04. The average molecular weight is 243 g/mol. The first-order chi connectivity index (χ1) is 8.50. The van der Waals surface area contributed by atoms with Crippen molar-refractivity contribution in [1.29, 1.82) is 5.26 Å². The quantitative estimate of drug-likeness (QED) is 0.802. The number of nitriles is 1. The maximum atomic E-state index is 9.04. The number of rotatable bonds is 2. The van der Waals surface area contributed by atoms with Gasteiger partial charge in [-0.15, -0.1) is 0 Å². The molecule has 2 heterocycles. The summed E-state index contributed by atoms with van der Waals surface area (Å²) in [7, 11) is 0. The van der Waals surface area contributed by atoms with Gasteiger partial charge in [-0.3, -0.25) is 4.90 Å². The smallest absolute Gasteiger partial charge is 0.144 e. The van der Waals surface area contributed by atoms with Gasteiger partial charge in [-0.25, -0.2) is 4.98 Å². The average Bonchev–Trinajstić information content (AvgIpc) is 2.78. The lowest BCUT2D eigenvalue weighted by molar-refractivity contribution is 0.226. The molecule has 1 fully saturated rings. The molecule has 96 valence electrons. The van der Waals surface area contributed by atoms with Gasteiger partial charge in [0.25, 0.3) is 0 Å². The molecule has 1 saturated heterocycles. The molecule has 1 atom stereocenters. The van der Waals surface area contributed by atoms with Crippen LogP contribution in [0.4, 0.5) is 0 Å². The van der Waals surface area contributed by atoms with E-state index in [4.69, 9.17) is 5.26 Å². The zero-order valence-electron chi connectivity index (χ0n) is 11.5. The summed E-state index contributed by atoms with van der Waals surface area (Å²) < 4.78 is 0. The molecule has 18 heavy (non-hydrogen) atoms. The molecule has 3 heteroatoms. The van der Waals surface area contributed by atoms with E-state index in [2.05, 4.69) is 36.7 Å². The second kappa shape index (κ2) is 5.07. The van der Waals surface area contributed by atoms with Gasteiger partial charge in [0.1, 0.15) is 11.8 Å². The zero-order chi connectivity index (χ0) is 13.2. The van der Waals surface area contributed by atoms with Gasteiger partial charge in [-0.2, -0.15) is 5.26 Å². The van der Waals surface area contributed by atoms with Gasteiger partial charge in [0.2, 0.25) is 0 Å². The highest BCUT2D eigenvalue weighted by molar-refractivity contribution is 5.30. The zero-order valence-corrected chi connectivity index (χ0v) is 11.5. The summed E-state index contributed by atoms with van der Waals surface area (Å²) in [5.41, 5.74) is 1.99. The molecule has 2 rings (SSSR count). The Balaban J connectivity index is 2.02. The fraction of sp³-hybridized carbons (Fsp3) is 0.600. The van der Waals surface area contributed by atoms with Crippen LogP contribution in [-0.2, 0) is 6.54 Å². The second-order valence-corrected chi connectivity index (χ2v) is 6.21. The molecule has 0 saturated carbocycles. The van der Waals surface area contributed by atoms with Crippen LogP contribution in [0.15, 0.2) is 18.3 Å². The van der Waals surface area contributed by atoms with Gasteiger partial charge in [0.05, 0.1) is 0 Å². The van der Waals surface area contributed by atoms with Crippen molar-refractivity contribution in [2.75, 3.05) is 13.1 Å². The number of aromatic nitrogens is 1. The van der Waals surface area contributed by atoms with Gasteiger partial charge >= 0.3 is 0 Å². The molecule has 0 aliphatic carbocycles. The van der Waals surface area contributed by atoms with Crippen LogP contribution in [0.1, 0.15) is 38.4 Å². The van der Waals surface area contributed by atoms with E-state index in [1.807, 2.05) is 12.1 Å². The van der Waals surface area contributed by atoms with Crippen molar-refractivity contribution < 1.29 is 0 Å². The molecule has 1 aromatic heterocycles. The standard InChI is InChI=1S/C15H21N3/c1-15(2,3)13-6-8-18(11-13)10-12-5-4-7-17-14(12)9-16/h4-5,7,13H,6,8,10-11H2,1-3H3. The lowest BCUT2D eigenvalue weighted by Gasteiger charge is -2.27. The summed E-state index contributed by atoms with van der Waals surface area (Å²) in [6.45, 7) is 10.0. The van der Waals surface area contributed by atoms with E-state index in [1.54, 1.807) is 6.20 Å². The first kappa shape index (κ1) is 13.0. The Hall–Kier alpha value is -1.40. The Kier molecular flexibility index (Phi) is 3.68. The normalized spacial score (nSPS) is 20.9. The molecule has 3 nitrogen and oxygen atoms in total. The lowest BCUT2D eigenvalue weighted by atomic mass is 9.80. The van der Waals surface area contributed by atoms with E-state index in [0.29, 0.717) is 11.1 Å². The van der Waals surface area contributed by atoms with E-state index >= 15 is 0 Å². The van der Waals surface area contributed by atoms with Crippen molar-refractivity contribution in [3.8, 4) is 6.07 Å². The molecule has 1 unspecified atom stereocenters. The molecule has 0 radical (unpaired) electrons. The topological polar surface area (TPSA) is 39.9 Å². The lowest BCUT2D eigenvalue weighted by Crippen LogP contribution is -2.26. The molecule has 1 aliphatic rings. The Morgan fingerprint density at radius 3 is 2.89 bits per heavy atom. The maximum absolute atomic E-state index is 9.04. The van der Waals surface area contributed by atoms with Crippen molar-refractivity contribution in [2.24, 2.45) is 11.3 Å². The SMILES string of the molecule is CC(C)(C)C1CCN(Cc2cccnc2C#N)C1. The van der Waals surface area contributed by atoms with Gasteiger partial charge in [-0.05, 0) is 30.4 Å². The van der Waals surface area contributed by atoms with Crippen LogP contribution in [0.3, 0.4) is 0 Å². The summed E-state index contributed by atoms with van der Waals surface area (Å²) in [6.07, 6.45) is 2.94. The molecule has 0 amide bonds. The number of likely N-dealkylation sites (tertiary alicyclic amines) is 1.